The van der Waals surface area contributed by atoms with Crippen LogP contribution in [0, 0.1) is 0 Å². The molecule has 1 aliphatic carbocycles. The number of hydrogen-bond donors (Lipinski definition) is 1. The van der Waals surface area contributed by atoms with Gasteiger partial charge in [0, 0.05) is 0 Å². The molecule has 24 heavy (non-hydrogen) atoms. The second-order valence-electron chi connectivity index (χ2n) is 6.85. The third-order valence-corrected chi connectivity index (χ3v) is 7.59. The molecule has 7 heteroatoms. The predicted octanol–water partition coefficient (Wildman–Crippen LogP) is 1.99. The number of carbonyl (C=O) groups is 1. The molecular formula is C17H23NO5S. The largest absolute Gasteiger partial charge is 0.486 e. The number of amides is 1. The van der Waals surface area contributed by atoms with Gasteiger partial charge < -0.3 is 14.8 Å². The summed E-state index contributed by atoms with van der Waals surface area (Å²) >= 11 is 0. The summed E-state index contributed by atoms with van der Waals surface area (Å²) in [6.07, 6.45) is 1.30. The van der Waals surface area contributed by atoms with Crippen LogP contribution < -0.4 is 14.8 Å². The van der Waals surface area contributed by atoms with Crippen LogP contribution in [0.1, 0.15) is 45.2 Å². The zero-order valence-corrected chi connectivity index (χ0v) is 15.0. The number of carbonyl (C=O) groups excluding carboxylic acids is 1. The first kappa shape index (κ1) is 17.1. The molecule has 1 aliphatic heterocycles. The van der Waals surface area contributed by atoms with Crippen LogP contribution in [0.5, 0.6) is 11.5 Å². The van der Waals surface area contributed by atoms with Gasteiger partial charge in [0.15, 0.2) is 21.3 Å². The molecule has 1 N–H and O–H groups in total. The van der Waals surface area contributed by atoms with Gasteiger partial charge in [-0.15, -0.1) is 0 Å². The summed E-state index contributed by atoms with van der Waals surface area (Å²) in [5.41, 5.74) is 0.840. The van der Waals surface area contributed by atoms with Crippen LogP contribution in [0.15, 0.2) is 18.2 Å². The molecule has 2 aliphatic rings. The SMILES string of the molecule is CC(NC(=O)C(C)(C)S(=O)(=O)C1CC1)c1ccc2c(c1)OCCO2. The van der Waals surface area contributed by atoms with Crippen LogP contribution in [0.4, 0.5) is 0 Å². The average Bonchev–Trinajstić information content (AvgIpc) is 3.39. The first-order valence-corrected chi connectivity index (χ1v) is 9.72. The first-order valence-electron chi connectivity index (χ1n) is 8.17. The van der Waals surface area contributed by atoms with Crippen LogP contribution >= 0.6 is 0 Å². The van der Waals surface area contributed by atoms with Crippen LogP contribution in [0.2, 0.25) is 0 Å². The Bertz CT molecular complexity index is 752. The van der Waals surface area contributed by atoms with Crippen molar-refractivity contribution in [2.24, 2.45) is 0 Å². The van der Waals surface area contributed by atoms with Crippen LogP contribution in [0.3, 0.4) is 0 Å². The lowest BCUT2D eigenvalue weighted by atomic mass is 10.1. The molecule has 0 spiro atoms. The Morgan fingerprint density at radius 2 is 1.83 bits per heavy atom. The molecule has 3 rings (SSSR count). The molecule has 1 saturated carbocycles. The highest BCUT2D eigenvalue weighted by atomic mass is 32.2. The molecule has 0 bridgehead atoms. The molecule has 1 aromatic rings. The molecular weight excluding hydrogens is 330 g/mol. The minimum absolute atomic E-state index is 0.331. The molecule has 1 unspecified atom stereocenters. The number of sulfone groups is 1. The Labute approximate surface area is 142 Å². The second-order valence-corrected chi connectivity index (χ2v) is 9.63. The van der Waals surface area contributed by atoms with Gasteiger partial charge >= 0.3 is 0 Å². The fraction of sp³-hybridized carbons (Fsp3) is 0.588. The third kappa shape index (κ3) is 2.97. The maximum atomic E-state index is 12.6. The second kappa shape index (κ2) is 5.95. The van der Waals surface area contributed by atoms with Gasteiger partial charge in [-0.1, -0.05) is 6.07 Å². The maximum absolute atomic E-state index is 12.6. The van der Waals surface area contributed by atoms with E-state index in [1.165, 1.54) is 13.8 Å². The first-order chi connectivity index (χ1) is 11.2. The van der Waals surface area contributed by atoms with Gasteiger partial charge in [-0.05, 0) is 51.3 Å². The zero-order valence-electron chi connectivity index (χ0n) is 14.2. The van der Waals surface area contributed by atoms with Gasteiger partial charge in [0.25, 0.3) is 0 Å². The van der Waals surface area contributed by atoms with E-state index >= 15 is 0 Å². The summed E-state index contributed by atoms with van der Waals surface area (Å²) in [5, 5.41) is 2.45. The number of rotatable bonds is 5. The van der Waals surface area contributed by atoms with Crippen molar-refractivity contribution in [3.8, 4) is 11.5 Å². The van der Waals surface area contributed by atoms with Crippen molar-refractivity contribution in [1.82, 2.24) is 5.32 Å². The summed E-state index contributed by atoms with van der Waals surface area (Å²) in [5.74, 6) is 0.849. The van der Waals surface area contributed by atoms with Gasteiger partial charge in [0.05, 0.1) is 11.3 Å². The van der Waals surface area contributed by atoms with Crippen LogP contribution in [0.25, 0.3) is 0 Å². The van der Waals surface area contributed by atoms with Crippen molar-refractivity contribution < 1.29 is 22.7 Å². The van der Waals surface area contributed by atoms with Crippen molar-refractivity contribution in [3.63, 3.8) is 0 Å². The molecule has 1 amide bonds. The molecule has 0 radical (unpaired) electrons. The van der Waals surface area contributed by atoms with Gasteiger partial charge in [0.2, 0.25) is 5.91 Å². The molecule has 1 heterocycles. The summed E-state index contributed by atoms with van der Waals surface area (Å²) in [6.45, 7) is 5.79. The van der Waals surface area contributed by atoms with Crippen LogP contribution in [-0.4, -0.2) is 37.5 Å². The summed E-state index contributed by atoms with van der Waals surface area (Å²) in [4.78, 5) is 12.6. The highest BCUT2D eigenvalue weighted by Gasteiger charge is 2.50. The van der Waals surface area contributed by atoms with Crippen molar-refractivity contribution in [2.75, 3.05) is 13.2 Å². The van der Waals surface area contributed by atoms with Gasteiger partial charge in [-0.3, -0.25) is 4.79 Å². The monoisotopic (exact) mass is 353 g/mol. The highest BCUT2D eigenvalue weighted by molar-refractivity contribution is 7.94. The highest BCUT2D eigenvalue weighted by Crippen LogP contribution is 2.37. The standard InChI is InChI=1S/C17H23NO5S/c1-11(12-4-7-14-15(10-12)23-9-8-22-14)18-16(19)17(2,3)24(20,21)13-5-6-13/h4,7,10-11,13H,5-6,8-9H2,1-3H3,(H,18,19). The van der Waals surface area contributed by atoms with E-state index in [4.69, 9.17) is 9.47 Å². The molecule has 0 aromatic heterocycles. The van der Waals surface area contributed by atoms with E-state index in [2.05, 4.69) is 5.32 Å². The van der Waals surface area contributed by atoms with E-state index in [1.807, 2.05) is 19.1 Å². The van der Waals surface area contributed by atoms with Crippen molar-refractivity contribution >= 4 is 15.7 Å². The third-order valence-electron chi connectivity index (χ3n) is 4.64. The Morgan fingerprint density at radius 1 is 1.21 bits per heavy atom. The summed E-state index contributed by atoms with van der Waals surface area (Å²) in [7, 11) is -3.46. The van der Waals surface area contributed by atoms with E-state index in [1.54, 1.807) is 6.07 Å². The molecule has 6 nitrogen and oxygen atoms in total. The normalized spacial score (nSPS) is 18.8. The fourth-order valence-electron chi connectivity index (χ4n) is 2.71. The fourth-order valence-corrected chi connectivity index (χ4v) is 4.61. The topological polar surface area (TPSA) is 81.7 Å². The molecule has 0 saturated heterocycles. The predicted molar refractivity (Wildman–Crippen MR) is 90.0 cm³/mol. The zero-order chi connectivity index (χ0) is 17.5. The minimum atomic E-state index is -3.46. The average molecular weight is 353 g/mol. The van der Waals surface area contributed by atoms with E-state index in [-0.39, 0.29) is 11.3 Å². The minimum Gasteiger partial charge on any atom is -0.486 e. The lowest BCUT2D eigenvalue weighted by molar-refractivity contribution is -0.123. The van der Waals surface area contributed by atoms with Gasteiger partial charge in [-0.25, -0.2) is 8.42 Å². The Hall–Kier alpha value is -1.76. The van der Waals surface area contributed by atoms with E-state index in [0.29, 0.717) is 37.6 Å². The molecule has 1 atom stereocenters. The molecule has 1 fully saturated rings. The molecule has 132 valence electrons. The maximum Gasteiger partial charge on any atom is 0.241 e. The van der Waals surface area contributed by atoms with Crippen molar-refractivity contribution in [3.05, 3.63) is 23.8 Å². The summed E-state index contributed by atoms with van der Waals surface area (Å²) in [6, 6.07) is 5.14. The Morgan fingerprint density at radius 3 is 2.46 bits per heavy atom. The van der Waals surface area contributed by atoms with Crippen LogP contribution in [-0.2, 0) is 14.6 Å². The van der Waals surface area contributed by atoms with E-state index < -0.39 is 20.5 Å². The number of fused-ring (bicyclic) bond motifs is 1. The quantitative estimate of drug-likeness (QED) is 0.875. The number of benzene rings is 1. The van der Waals surface area contributed by atoms with E-state index in [9.17, 15) is 13.2 Å². The van der Waals surface area contributed by atoms with Gasteiger partial charge in [-0.2, -0.15) is 0 Å². The van der Waals surface area contributed by atoms with E-state index in [0.717, 1.165) is 5.56 Å². The number of ether oxygens (including phenoxy) is 2. The Balaban J connectivity index is 1.74. The number of hydrogen-bond acceptors (Lipinski definition) is 5. The smallest absolute Gasteiger partial charge is 0.241 e. The molecule has 1 aromatic carbocycles. The van der Waals surface area contributed by atoms with Gasteiger partial charge in [0.1, 0.15) is 18.0 Å². The lowest BCUT2D eigenvalue weighted by Gasteiger charge is -2.27. The Kier molecular flexibility index (Phi) is 4.23. The van der Waals surface area contributed by atoms with Crippen molar-refractivity contribution in [2.45, 2.75) is 49.7 Å². The number of nitrogens with one attached hydrogen (secondary N) is 1. The summed E-state index contributed by atoms with van der Waals surface area (Å²) < 4.78 is 34.5. The lowest BCUT2D eigenvalue weighted by Crippen LogP contribution is -2.49. The van der Waals surface area contributed by atoms with Crippen molar-refractivity contribution in [1.29, 1.82) is 0 Å².